The Morgan fingerprint density at radius 3 is 2.71 bits per heavy atom. The van der Waals surface area contributed by atoms with Crippen LogP contribution in [-0.2, 0) is 6.42 Å². The number of hydrogen-bond donors (Lipinski definition) is 2. The summed E-state index contributed by atoms with van der Waals surface area (Å²) < 4.78 is 5.05. The molecule has 1 aromatic heterocycles. The molecule has 0 aliphatic carbocycles. The first-order valence-corrected chi connectivity index (χ1v) is 5.63. The van der Waals surface area contributed by atoms with Crippen LogP contribution < -0.4 is 11.1 Å². The highest BCUT2D eigenvalue weighted by molar-refractivity contribution is 5.24. The van der Waals surface area contributed by atoms with E-state index >= 15 is 0 Å². The van der Waals surface area contributed by atoms with Crippen LogP contribution in [0.5, 0.6) is 0 Å². The molecule has 0 amide bonds. The van der Waals surface area contributed by atoms with Crippen molar-refractivity contribution >= 4 is 12.0 Å². The molecule has 0 radical (unpaired) electrons. The number of aromatic nitrogens is 2. The lowest BCUT2D eigenvalue weighted by molar-refractivity contribution is 0.568. The highest BCUT2D eigenvalue weighted by Gasteiger charge is 2.07. The number of nitrogens with one attached hydrogen (secondary N) is 1. The molecular weight excluding hydrogens is 216 g/mol. The van der Waals surface area contributed by atoms with Gasteiger partial charge in [-0.05, 0) is 25.3 Å². The first kappa shape index (κ1) is 11.4. The lowest BCUT2D eigenvalue weighted by atomic mass is 10.1. The van der Waals surface area contributed by atoms with E-state index in [0.717, 1.165) is 12.8 Å². The molecule has 0 bridgehead atoms. The van der Waals surface area contributed by atoms with E-state index < -0.39 is 0 Å². The van der Waals surface area contributed by atoms with Crippen LogP contribution in [0.25, 0.3) is 0 Å². The molecule has 0 saturated heterocycles. The van der Waals surface area contributed by atoms with Gasteiger partial charge in [0.05, 0.1) is 0 Å². The van der Waals surface area contributed by atoms with Crippen molar-refractivity contribution < 1.29 is 4.42 Å². The van der Waals surface area contributed by atoms with Gasteiger partial charge in [0.15, 0.2) is 0 Å². The van der Waals surface area contributed by atoms with Gasteiger partial charge in [-0.15, -0.1) is 0 Å². The Labute approximate surface area is 100 Å². The summed E-state index contributed by atoms with van der Waals surface area (Å²) in [5.74, 6) is 0. The largest absolute Gasteiger partial charge is 0.390 e. The fourth-order valence-electron chi connectivity index (χ4n) is 1.60. The summed E-state index contributed by atoms with van der Waals surface area (Å²) in [7, 11) is 0. The highest BCUT2D eigenvalue weighted by Crippen LogP contribution is 2.11. The van der Waals surface area contributed by atoms with E-state index in [9.17, 15) is 0 Å². The summed E-state index contributed by atoms with van der Waals surface area (Å²) in [5, 5.41) is 10.5. The maximum absolute atomic E-state index is 5.34. The van der Waals surface area contributed by atoms with Crippen LogP contribution >= 0.6 is 0 Å². The molecule has 0 saturated carbocycles. The van der Waals surface area contributed by atoms with Crippen LogP contribution in [0.4, 0.5) is 12.0 Å². The zero-order valence-corrected chi connectivity index (χ0v) is 9.76. The van der Waals surface area contributed by atoms with Crippen LogP contribution in [0.15, 0.2) is 34.7 Å². The fourth-order valence-corrected chi connectivity index (χ4v) is 1.60. The third kappa shape index (κ3) is 3.48. The number of nitrogen functional groups attached to an aromatic ring is 1. The van der Waals surface area contributed by atoms with E-state index in [2.05, 4.69) is 34.6 Å². The molecule has 0 aliphatic heterocycles. The van der Waals surface area contributed by atoms with Crippen molar-refractivity contribution in [2.45, 2.75) is 25.8 Å². The van der Waals surface area contributed by atoms with Crippen molar-refractivity contribution in [2.75, 3.05) is 11.1 Å². The average Bonchev–Trinajstić information content (AvgIpc) is 2.73. The molecule has 1 aromatic carbocycles. The van der Waals surface area contributed by atoms with E-state index in [1.54, 1.807) is 0 Å². The Balaban J connectivity index is 1.80. The molecule has 1 atom stereocenters. The van der Waals surface area contributed by atoms with Crippen molar-refractivity contribution in [3.05, 3.63) is 35.9 Å². The minimum atomic E-state index is 0.0859. The van der Waals surface area contributed by atoms with Crippen molar-refractivity contribution in [1.82, 2.24) is 10.2 Å². The summed E-state index contributed by atoms with van der Waals surface area (Å²) in [6.07, 6.45) is 2.00. The van der Waals surface area contributed by atoms with Crippen LogP contribution in [0, 0.1) is 0 Å². The molecule has 3 N–H and O–H groups in total. The number of nitrogens with zero attached hydrogens (tertiary/aromatic N) is 2. The smallest absolute Gasteiger partial charge is 0.317 e. The van der Waals surface area contributed by atoms with Gasteiger partial charge in [-0.25, -0.2) is 0 Å². The number of aryl methyl sites for hydroxylation is 1. The topological polar surface area (TPSA) is 77.0 Å². The Bertz CT molecular complexity index is 455. The number of anilines is 2. The van der Waals surface area contributed by atoms with Crippen LogP contribution in [-0.4, -0.2) is 16.2 Å². The van der Waals surface area contributed by atoms with Gasteiger partial charge in [0.1, 0.15) is 0 Å². The van der Waals surface area contributed by atoms with Crippen molar-refractivity contribution in [3.63, 3.8) is 0 Å². The fraction of sp³-hybridized carbons (Fsp3) is 0.333. The molecule has 1 heterocycles. The Hall–Kier alpha value is -2.04. The summed E-state index contributed by atoms with van der Waals surface area (Å²) in [6.45, 7) is 2.07. The maximum Gasteiger partial charge on any atom is 0.317 e. The summed E-state index contributed by atoms with van der Waals surface area (Å²) in [5.41, 5.74) is 6.66. The standard InChI is InChI=1S/C12H16N4O/c1-9(14-12-16-15-11(13)17-12)7-8-10-5-3-2-4-6-10/h2-6,9H,7-8H2,1H3,(H2,13,15)(H,14,16). The minimum absolute atomic E-state index is 0.0859. The van der Waals surface area contributed by atoms with Crippen LogP contribution in [0.3, 0.4) is 0 Å². The van der Waals surface area contributed by atoms with Gasteiger partial charge in [-0.1, -0.05) is 40.5 Å². The number of nitrogens with two attached hydrogens (primary N) is 1. The van der Waals surface area contributed by atoms with Crippen molar-refractivity contribution in [2.24, 2.45) is 0 Å². The third-order valence-corrected chi connectivity index (χ3v) is 2.52. The monoisotopic (exact) mass is 232 g/mol. The number of rotatable bonds is 5. The third-order valence-electron chi connectivity index (χ3n) is 2.52. The zero-order valence-electron chi connectivity index (χ0n) is 9.76. The van der Waals surface area contributed by atoms with Gasteiger partial charge in [0, 0.05) is 6.04 Å². The quantitative estimate of drug-likeness (QED) is 0.825. The van der Waals surface area contributed by atoms with Gasteiger partial charge < -0.3 is 15.5 Å². The van der Waals surface area contributed by atoms with Gasteiger partial charge >= 0.3 is 12.0 Å². The van der Waals surface area contributed by atoms with Gasteiger partial charge in [-0.3, -0.25) is 0 Å². The summed E-state index contributed by atoms with van der Waals surface area (Å²) in [4.78, 5) is 0. The van der Waals surface area contributed by atoms with Gasteiger partial charge in [0.2, 0.25) is 0 Å². The molecule has 0 spiro atoms. The minimum Gasteiger partial charge on any atom is -0.390 e. The van der Waals surface area contributed by atoms with Crippen LogP contribution in [0.2, 0.25) is 0 Å². The number of hydrogen-bond acceptors (Lipinski definition) is 5. The first-order valence-electron chi connectivity index (χ1n) is 5.63. The normalized spacial score (nSPS) is 12.3. The van der Waals surface area contributed by atoms with E-state index in [-0.39, 0.29) is 12.1 Å². The predicted octanol–water partition coefficient (Wildman–Crippen LogP) is 2.08. The molecule has 2 aromatic rings. The van der Waals surface area contributed by atoms with Crippen molar-refractivity contribution in [1.29, 1.82) is 0 Å². The molecule has 90 valence electrons. The highest BCUT2D eigenvalue weighted by atomic mass is 16.4. The average molecular weight is 232 g/mol. The predicted molar refractivity (Wildman–Crippen MR) is 66.6 cm³/mol. The summed E-state index contributed by atoms with van der Waals surface area (Å²) >= 11 is 0. The SMILES string of the molecule is CC(CCc1ccccc1)Nc1nnc(N)o1. The second-order valence-corrected chi connectivity index (χ2v) is 4.02. The van der Waals surface area contributed by atoms with Gasteiger partial charge in [0.25, 0.3) is 0 Å². The molecule has 0 fully saturated rings. The first-order chi connectivity index (χ1) is 8.24. The molecule has 2 rings (SSSR count). The Morgan fingerprint density at radius 1 is 1.29 bits per heavy atom. The van der Waals surface area contributed by atoms with Gasteiger partial charge in [-0.2, -0.15) is 0 Å². The zero-order chi connectivity index (χ0) is 12.1. The molecule has 17 heavy (non-hydrogen) atoms. The van der Waals surface area contributed by atoms with Crippen LogP contribution in [0.1, 0.15) is 18.9 Å². The molecular formula is C12H16N4O. The van der Waals surface area contributed by atoms with E-state index in [1.807, 2.05) is 18.2 Å². The Morgan fingerprint density at radius 2 is 2.06 bits per heavy atom. The molecule has 5 nitrogen and oxygen atoms in total. The molecule has 1 unspecified atom stereocenters. The molecule has 0 aliphatic rings. The van der Waals surface area contributed by atoms with Crippen molar-refractivity contribution in [3.8, 4) is 0 Å². The van der Waals surface area contributed by atoms with E-state index in [1.165, 1.54) is 5.56 Å². The van der Waals surface area contributed by atoms with E-state index in [4.69, 9.17) is 10.2 Å². The number of benzene rings is 1. The summed E-state index contributed by atoms with van der Waals surface area (Å²) in [6, 6.07) is 11.1. The molecule has 5 heteroatoms. The lowest BCUT2D eigenvalue weighted by Gasteiger charge is -2.11. The second kappa shape index (κ2) is 5.34. The lowest BCUT2D eigenvalue weighted by Crippen LogP contribution is -2.16. The Kier molecular flexibility index (Phi) is 3.59. The maximum atomic E-state index is 5.34. The second-order valence-electron chi connectivity index (χ2n) is 4.02. The van der Waals surface area contributed by atoms with E-state index in [0.29, 0.717) is 6.01 Å².